The predicted octanol–water partition coefficient (Wildman–Crippen LogP) is 1.14. The number of benzene rings is 1. The van der Waals surface area contributed by atoms with Gasteiger partial charge in [0, 0.05) is 12.5 Å². The fourth-order valence-corrected chi connectivity index (χ4v) is 2.39. The van der Waals surface area contributed by atoms with Crippen LogP contribution in [0.4, 0.5) is 0 Å². The molecular weight excluding hydrogens is 280 g/mol. The van der Waals surface area contributed by atoms with Gasteiger partial charge in [0.1, 0.15) is 6.04 Å². The van der Waals surface area contributed by atoms with Gasteiger partial charge in [-0.2, -0.15) is 0 Å². The molecule has 0 aliphatic heterocycles. The zero-order valence-corrected chi connectivity index (χ0v) is 13.1. The topological polar surface area (TPSA) is 78.4 Å². The highest BCUT2D eigenvalue weighted by molar-refractivity contribution is 5.89. The van der Waals surface area contributed by atoms with Crippen LogP contribution >= 0.6 is 0 Å². The quantitative estimate of drug-likeness (QED) is 0.707. The van der Waals surface area contributed by atoms with E-state index in [-0.39, 0.29) is 17.7 Å². The maximum Gasteiger partial charge on any atom is 0.245 e. The zero-order chi connectivity index (χ0) is 16.1. The molecular formula is C17H24N2O3. The fourth-order valence-electron chi connectivity index (χ4n) is 2.39. The summed E-state index contributed by atoms with van der Waals surface area (Å²) < 4.78 is 0. The van der Waals surface area contributed by atoms with E-state index in [1.54, 1.807) is 0 Å². The first-order chi connectivity index (χ1) is 10.5. The number of hydrogen-bond donors (Lipinski definition) is 3. The Labute approximate surface area is 131 Å². The lowest BCUT2D eigenvalue weighted by molar-refractivity contribution is -0.132. The number of rotatable bonds is 7. The first-order valence-corrected chi connectivity index (χ1v) is 7.85. The molecule has 1 saturated carbocycles. The highest BCUT2D eigenvalue weighted by atomic mass is 16.3. The molecule has 2 unspecified atom stereocenters. The van der Waals surface area contributed by atoms with Crippen LogP contribution in [0.15, 0.2) is 24.3 Å². The van der Waals surface area contributed by atoms with Crippen molar-refractivity contribution in [3.8, 4) is 0 Å². The number of aliphatic hydroxyl groups excluding tert-OH is 1. The Bertz CT molecular complexity index is 538. The van der Waals surface area contributed by atoms with Gasteiger partial charge in [-0.15, -0.1) is 0 Å². The molecule has 1 aliphatic carbocycles. The minimum Gasteiger partial charge on any atom is -0.391 e. The molecule has 1 aliphatic rings. The van der Waals surface area contributed by atoms with Crippen LogP contribution in [0.1, 0.15) is 37.8 Å². The molecule has 0 spiro atoms. The molecule has 5 nitrogen and oxygen atoms in total. The lowest BCUT2D eigenvalue weighted by Crippen LogP contribution is -2.52. The molecule has 0 bridgehead atoms. The van der Waals surface area contributed by atoms with Crippen molar-refractivity contribution < 1.29 is 14.7 Å². The van der Waals surface area contributed by atoms with Crippen LogP contribution in [0.3, 0.4) is 0 Å². The van der Waals surface area contributed by atoms with Gasteiger partial charge in [0.15, 0.2) is 0 Å². The molecule has 2 atom stereocenters. The minimum absolute atomic E-state index is 0.00914. The standard InChI is InChI=1S/C17H24N2O3/c1-3-12-6-4-5-7-14(12)10-18-17(22)15(11(2)20)19-16(21)13-8-9-13/h4-7,11,13,15,20H,3,8-10H2,1-2H3,(H,18,22)(H,19,21). The maximum atomic E-state index is 12.3. The predicted molar refractivity (Wildman–Crippen MR) is 84.0 cm³/mol. The molecule has 1 fully saturated rings. The van der Waals surface area contributed by atoms with Gasteiger partial charge in [0.25, 0.3) is 0 Å². The number of nitrogens with one attached hydrogen (secondary N) is 2. The van der Waals surface area contributed by atoms with Crippen molar-refractivity contribution in [2.45, 2.75) is 51.8 Å². The van der Waals surface area contributed by atoms with Crippen LogP contribution in [0.25, 0.3) is 0 Å². The smallest absolute Gasteiger partial charge is 0.245 e. The van der Waals surface area contributed by atoms with E-state index >= 15 is 0 Å². The van der Waals surface area contributed by atoms with Gasteiger partial charge in [0.2, 0.25) is 11.8 Å². The third-order valence-electron chi connectivity index (χ3n) is 3.96. The monoisotopic (exact) mass is 304 g/mol. The molecule has 2 amide bonds. The normalized spacial score (nSPS) is 16.7. The number of hydrogen-bond acceptors (Lipinski definition) is 3. The Morgan fingerprint density at radius 1 is 1.27 bits per heavy atom. The molecule has 5 heteroatoms. The molecule has 22 heavy (non-hydrogen) atoms. The fraction of sp³-hybridized carbons (Fsp3) is 0.529. The Kier molecular flexibility index (Phi) is 5.55. The largest absolute Gasteiger partial charge is 0.391 e. The molecule has 0 aromatic heterocycles. The second kappa shape index (κ2) is 7.40. The van der Waals surface area contributed by atoms with E-state index in [2.05, 4.69) is 17.6 Å². The summed E-state index contributed by atoms with van der Waals surface area (Å²) in [5, 5.41) is 15.2. The molecule has 0 heterocycles. The van der Waals surface area contributed by atoms with Crippen molar-refractivity contribution in [2.75, 3.05) is 0 Å². The van der Waals surface area contributed by atoms with Crippen LogP contribution in [0.2, 0.25) is 0 Å². The average molecular weight is 304 g/mol. The van der Waals surface area contributed by atoms with E-state index in [0.29, 0.717) is 6.54 Å². The van der Waals surface area contributed by atoms with Crippen LogP contribution in [-0.4, -0.2) is 29.1 Å². The molecule has 0 radical (unpaired) electrons. The van der Waals surface area contributed by atoms with E-state index in [4.69, 9.17) is 0 Å². The highest BCUT2D eigenvalue weighted by Gasteiger charge is 2.34. The van der Waals surface area contributed by atoms with Crippen molar-refractivity contribution in [1.29, 1.82) is 0 Å². The van der Waals surface area contributed by atoms with E-state index in [9.17, 15) is 14.7 Å². The number of aliphatic hydroxyl groups is 1. The summed E-state index contributed by atoms with van der Waals surface area (Å²) in [6.45, 7) is 3.97. The van der Waals surface area contributed by atoms with E-state index in [1.807, 2.05) is 24.3 Å². The number of carbonyl (C=O) groups is 2. The van der Waals surface area contributed by atoms with E-state index in [1.165, 1.54) is 12.5 Å². The van der Waals surface area contributed by atoms with Crippen LogP contribution in [0.5, 0.6) is 0 Å². The lowest BCUT2D eigenvalue weighted by Gasteiger charge is -2.21. The second-order valence-corrected chi connectivity index (χ2v) is 5.84. The molecule has 3 N–H and O–H groups in total. The minimum atomic E-state index is -0.927. The number of carbonyl (C=O) groups excluding carboxylic acids is 2. The lowest BCUT2D eigenvalue weighted by atomic mass is 10.0. The van der Waals surface area contributed by atoms with Crippen LogP contribution < -0.4 is 10.6 Å². The zero-order valence-electron chi connectivity index (χ0n) is 13.1. The third kappa shape index (κ3) is 4.31. The summed E-state index contributed by atoms with van der Waals surface area (Å²) in [6, 6.07) is 7.00. The Balaban J connectivity index is 1.94. The summed E-state index contributed by atoms with van der Waals surface area (Å²) in [6.07, 6.45) is 1.70. The Morgan fingerprint density at radius 3 is 2.45 bits per heavy atom. The number of aryl methyl sites for hydroxylation is 1. The maximum absolute atomic E-state index is 12.3. The van der Waals surface area contributed by atoms with Crippen LogP contribution in [0, 0.1) is 5.92 Å². The SMILES string of the molecule is CCc1ccccc1CNC(=O)C(NC(=O)C1CC1)C(C)O. The first-order valence-electron chi connectivity index (χ1n) is 7.85. The van der Waals surface area contributed by atoms with Gasteiger partial charge in [-0.25, -0.2) is 0 Å². The molecule has 1 aromatic carbocycles. The first kappa shape index (κ1) is 16.5. The summed E-state index contributed by atoms with van der Waals surface area (Å²) in [5.74, 6) is -0.486. The van der Waals surface area contributed by atoms with Gasteiger partial charge >= 0.3 is 0 Å². The van der Waals surface area contributed by atoms with Gasteiger partial charge in [-0.3, -0.25) is 9.59 Å². The molecule has 1 aromatic rings. The number of amides is 2. The summed E-state index contributed by atoms with van der Waals surface area (Å²) in [7, 11) is 0. The molecule has 2 rings (SSSR count). The van der Waals surface area contributed by atoms with E-state index in [0.717, 1.165) is 24.8 Å². The highest BCUT2D eigenvalue weighted by Crippen LogP contribution is 2.28. The van der Waals surface area contributed by atoms with Crippen molar-refractivity contribution in [3.63, 3.8) is 0 Å². The van der Waals surface area contributed by atoms with Crippen molar-refractivity contribution in [3.05, 3.63) is 35.4 Å². The van der Waals surface area contributed by atoms with Gasteiger partial charge < -0.3 is 15.7 Å². The average Bonchev–Trinajstić information content (AvgIpc) is 3.34. The van der Waals surface area contributed by atoms with Crippen molar-refractivity contribution in [2.24, 2.45) is 5.92 Å². The van der Waals surface area contributed by atoms with Crippen LogP contribution in [-0.2, 0) is 22.6 Å². The second-order valence-electron chi connectivity index (χ2n) is 5.84. The van der Waals surface area contributed by atoms with Crippen molar-refractivity contribution in [1.82, 2.24) is 10.6 Å². The van der Waals surface area contributed by atoms with Gasteiger partial charge in [-0.05, 0) is 37.3 Å². The van der Waals surface area contributed by atoms with Gasteiger partial charge in [0.05, 0.1) is 6.10 Å². The summed E-state index contributed by atoms with van der Waals surface area (Å²) >= 11 is 0. The van der Waals surface area contributed by atoms with Crippen molar-refractivity contribution >= 4 is 11.8 Å². The summed E-state index contributed by atoms with van der Waals surface area (Å²) in [5.41, 5.74) is 2.23. The Morgan fingerprint density at radius 2 is 1.91 bits per heavy atom. The van der Waals surface area contributed by atoms with Gasteiger partial charge in [-0.1, -0.05) is 31.2 Å². The summed E-state index contributed by atoms with van der Waals surface area (Å²) in [4.78, 5) is 24.0. The molecule has 0 saturated heterocycles. The Hall–Kier alpha value is -1.88. The third-order valence-corrected chi connectivity index (χ3v) is 3.96. The van der Waals surface area contributed by atoms with E-state index < -0.39 is 12.1 Å². The molecule has 120 valence electrons.